The van der Waals surface area contributed by atoms with Crippen LogP contribution in [-0.4, -0.2) is 16.0 Å². The minimum Gasteiger partial charge on any atom is -0.507 e. The number of phenols is 2. The number of ketones is 1. The highest BCUT2D eigenvalue weighted by Gasteiger charge is 2.16. The number of hydrogen-bond acceptors (Lipinski definition) is 3. The zero-order valence-corrected chi connectivity index (χ0v) is 9.29. The minimum atomic E-state index is -0.100. The normalized spacial score (nSPS) is 10.3. The topological polar surface area (TPSA) is 57.5 Å². The minimum absolute atomic E-state index is 0.0561. The predicted octanol–water partition coefficient (Wildman–Crippen LogP) is 2.70. The lowest BCUT2D eigenvalue weighted by Gasteiger charge is -2.10. The maximum Gasteiger partial charge on any atom is 0.166 e. The van der Waals surface area contributed by atoms with Crippen molar-refractivity contribution in [1.82, 2.24) is 0 Å². The van der Waals surface area contributed by atoms with Crippen LogP contribution >= 0.6 is 0 Å². The molecule has 1 aromatic carbocycles. The largest absolute Gasteiger partial charge is 0.507 e. The molecule has 2 N–H and O–H groups in total. The van der Waals surface area contributed by atoms with Crippen LogP contribution < -0.4 is 0 Å². The lowest BCUT2D eigenvalue weighted by atomic mass is 9.99. The summed E-state index contributed by atoms with van der Waals surface area (Å²) in [5.74, 6) is -0.127. The van der Waals surface area contributed by atoms with E-state index < -0.39 is 0 Å². The molecule has 0 spiro atoms. The van der Waals surface area contributed by atoms with E-state index in [2.05, 4.69) is 0 Å². The summed E-state index contributed by atoms with van der Waals surface area (Å²) in [4.78, 5) is 11.6. The van der Waals surface area contributed by atoms with Crippen molar-refractivity contribution in [2.75, 3.05) is 0 Å². The van der Waals surface area contributed by atoms with Crippen molar-refractivity contribution in [3.8, 4) is 11.5 Å². The highest BCUT2D eigenvalue weighted by molar-refractivity contribution is 5.99. The molecule has 0 saturated heterocycles. The fourth-order valence-corrected chi connectivity index (χ4v) is 1.54. The molecule has 0 aliphatic heterocycles. The number of Topliss-reactive ketones (excluding diaryl/α,β-unsaturated/α-hetero) is 1. The van der Waals surface area contributed by atoms with Crippen molar-refractivity contribution in [2.45, 2.75) is 33.6 Å². The number of benzene rings is 1. The quantitative estimate of drug-likeness (QED) is 0.751. The first-order valence-electron chi connectivity index (χ1n) is 5.04. The van der Waals surface area contributed by atoms with Crippen LogP contribution in [-0.2, 0) is 0 Å². The van der Waals surface area contributed by atoms with Gasteiger partial charge in [-0.1, -0.05) is 6.92 Å². The molecule has 82 valence electrons. The first kappa shape index (κ1) is 11.6. The molecule has 0 saturated carbocycles. The fourth-order valence-electron chi connectivity index (χ4n) is 1.54. The lowest BCUT2D eigenvalue weighted by Crippen LogP contribution is -2.00. The molecule has 0 amide bonds. The average molecular weight is 208 g/mol. The Labute approximate surface area is 89.4 Å². The third-order valence-electron chi connectivity index (χ3n) is 2.48. The van der Waals surface area contributed by atoms with Gasteiger partial charge in [0.2, 0.25) is 0 Å². The monoisotopic (exact) mass is 208 g/mol. The summed E-state index contributed by atoms with van der Waals surface area (Å²) in [6.45, 7) is 5.22. The van der Waals surface area contributed by atoms with Gasteiger partial charge >= 0.3 is 0 Å². The molecule has 0 fully saturated rings. The Morgan fingerprint density at radius 2 is 1.87 bits per heavy atom. The van der Waals surface area contributed by atoms with Gasteiger partial charge in [-0.15, -0.1) is 0 Å². The van der Waals surface area contributed by atoms with Crippen molar-refractivity contribution in [3.63, 3.8) is 0 Å². The number of aryl methyl sites for hydroxylation is 1. The maximum atomic E-state index is 11.6. The number of hydrogen-bond donors (Lipinski definition) is 2. The Balaban J connectivity index is 3.26. The van der Waals surface area contributed by atoms with E-state index in [0.29, 0.717) is 23.1 Å². The van der Waals surface area contributed by atoms with E-state index in [1.807, 2.05) is 6.92 Å². The molecule has 0 radical (unpaired) electrons. The molecule has 3 nitrogen and oxygen atoms in total. The Morgan fingerprint density at radius 3 is 2.40 bits per heavy atom. The second-order valence-electron chi connectivity index (χ2n) is 3.74. The molecule has 0 aliphatic rings. The van der Waals surface area contributed by atoms with Gasteiger partial charge in [0.05, 0.1) is 5.56 Å². The van der Waals surface area contributed by atoms with Gasteiger partial charge in [0.15, 0.2) is 5.78 Å². The molecule has 0 aromatic heterocycles. The second kappa shape index (κ2) is 4.34. The van der Waals surface area contributed by atoms with E-state index in [9.17, 15) is 15.0 Å². The number of rotatable bonds is 3. The van der Waals surface area contributed by atoms with Crippen molar-refractivity contribution >= 4 is 5.78 Å². The zero-order valence-electron chi connectivity index (χ0n) is 9.29. The third-order valence-corrected chi connectivity index (χ3v) is 2.48. The van der Waals surface area contributed by atoms with Crippen molar-refractivity contribution in [3.05, 3.63) is 22.8 Å². The van der Waals surface area contributed by atoms with Gasteiger partial charge in [0.25, 0.3) is 0 Å². The number of carbonyl (C=O) groups is 1. The van der Waals surface area contributed by atoms with E-state index in [1.165, 1.54) is 6.07 Å². The van der Waals surface area contributed by atoms with E-state index in [1.54, 1.807) is 13.8 Å². The first-order valence-corrected chi connectivity index (χ1v) is 5.04. The Hall–Kier alpha value is -1.51. The number of phenolic OH excluding ortho intramolecular Hbond substituents is 2. The zero-order chi connectivity index (χ0) is 11.6. The van der Waals surface area contributed by atoms with Crippen LogP contribution in [0.5, 0.6) is 11.5 Å². The standard InChI is InChI=1S/C12H16O3/c1-4-5-10(13)9-6-7(2)11(14)8(3)12(9)15/h6,14-15H,4-5H2,1-3H3. The molecule has 0 atom stereocenters. The molecule has 1 aromatic rings. The van der Waals surface area contributed by atoms with Gasteiger partial charge in [0.1, 0.15) is 11.5 Å². The Kier molecular flexibility index (Phi) is 3.35. The smallest absolute Gasteiger partial charge is 0.166 e. The summed E-state index contributed by atoms with van der Waals surface area (Å²) < 4.78 is 0. The molecule has 0 unspecified atom stereocenters. The second-order valence-corrected chi connectivity index (χ2v) is 3.74. The van der Waals surface area contributed by atoms with Crippen LogP contribution in [0.4, 0.5) is 0 Å². The van der Waals surface area contributed by atoms with Gasteiger partial charge in [-0.2, -0.15) is 0 Å². The Morgan fingerprint density at radius 1 is 1.27 bits per heavy atom. The summed E-state index contributed by atoms with van der Waals surface area (Å²) in [7, 11) is 0. The summed E-state index contributed by atoms with van der Waals surface area (Å²) in [5.41, 5.74) is 1.30. The van der Waals surface area contributed by atoms with Gasteiger partial charge < -0.3 is 10.2 Å². The van der Waals surface area contributed by atoms with E-state index >= 15 is 0 Å². The van der Waals surface area contributed by atoms with Crippen LogP contribution in [0.25, 0.3) is 0 Å². The Bertz CT molecular complexity index is 394. The van der Waals surface area contributed by atoms with Gasteiger partial charge in [0, 0.05) is 12.0 Å². The molecule has 15 heavy (non-hydrogen) atoms. The first-order chi connectivity index (χ1) is 6.99. The van der Waals surface area contributed by atoms with Crippen molar-refractivity contribution in [1.29, 1.82) is 0 Å². The average Bonchev–Trinajstić information content (AvgIpc) is 2.20. The van der Waals surface area contributed by atoms with Gasteiger partial charge in [-0.25, -0.2) is 0 Å². The SMILES string of the molecule is CCCC(=O)c1cc(C)c(O)c(C)c1O. The summed E-state index contributed by atoms with van der Waals surface area (Å²) >= 11 is 0. The molecule has 3 heteroatoms. The highest BCUT2D eigenvalue weighted by Crippen LogP contribution is 2.33. The van der Waals surface area contributed by atoms with E-state index in [-0.39, 0.29) is 17.3 Å². The number of aromatic hydroxyl groups is 2. The van der Waals surface area contributed by atoms with Gasteiger partial charge in [-0.05, 0) is 31.9 Å². The third kappa shape index (κ3) is 2.12. The molecular formula is C12H16O3. The maximum absolute atomic E-state index is 11.6. The molecule has 0 bridgehead atoms. The van der Waals surface area contributed by atoms with Crippen LogP contribution in [0.1, 0.15) is 41.3 Å². The van der Waals surface area contributed by atoms with E-state index in [4.69, 9.17) is 0 Å². The van der Waals surface area contributed by atoms with Crippen molar-refractivity contribution < 1.29 is 15.0 Å². The van der Waals surface area contributed by atoms with E-state index in [0.717, 1.165) is 6.42 Å². The van der Waals surface area contributed by atoms with Crippen LogP contribution in [0.15, 0.2) is 6.07 Å². The lowest BCUT2D eigenvalue weighted by molar-refractivity contribution is 0.0979. The summed E-state index contributed by atoms with van der Waals surface area (Å²) in [6.07, 6.45) is 1.16. The summed E-state index contributed by atoms with van der Waals surface area (Å²) in [5, 5.41) is 19.3. The van der Waals surface area contributed by atoms with Crippen LogP contribution in [0.3, 0.4) is 0 Å². The molecule has 0 aliphatic carbocycles. The molecular weight excluding hydrogens is 192 g/mol. The molecule has 0 heterocycles. The van der Waals surface area contributed by atoms with Crippen LogP contribution in [0.2, 0.25) is 0 Å². The van der Waals surface area contributed by atoms with Crippen molar-refractivity contribution in [2.24, 2.45) is 0 Å². The predicted molar refractivity (Wildman–Crippen MR) is 58.5 cm³/mol. The van der Waals surface area contributed by atoms with Crippen LogP contribution in [0, 0.1) is 13.8 Å². The fraction of sp³-hybridized carbons (Fsp3) is 0.417. The molecule has 1 rings (SSSR count). The number of carbonyl (C=O) groups excluding carboxylic acids is 1. The van der Waals surface area contributed by atoms with Gasteiger partial charge in [-0.3, -0.25) is 4.79 Å². The highest BCUT2D eigenvalue weighted by atomic mass is 16.3. The summed E-state index contributed by atoms with van der Waals surface area (Å²) in [6, 6.07) is 1.54.